The van der Waals surface area contributed by atoms with Crippen molar-refractivity contribution in [2.45, 2.75) is 43.8 Å². The number of aliphatic hydroxyl groups excluding tert-OH is 1. The van der Waals surface area contributed by atoms with Gasteiger partial charge in [0.05, 0.1) is 29.9 Å². The average Bonchev–Trinajstić information content (AvgIpc) is 3.45. The molecule has 4 amide bonds. The summed E-state index contributed by atoms with van der Waals surface area (Å²) >= 11 is 1.37. The summed E-state index contributed by atoms with van der Waals surface area (Å²) in [5, 5.41) is 26.9. The third kappa shape index (κ3) is 4.96. The summed E-state index contributed by atoms with van der Waals surface area (Å²) < 4.78 is 0.908. The van der Waals surface area contributed by atoms with Crippen LogP contribution in [0.15, 0.2) is 54.7 Å². The Balaban J connectivity index is 1.53. The van der Waals surface area contributed by atoms with Crippen LogP contribution in [0.2, 0.25) is 0 Å². The maximum absolute atomic E-state index is 14.0. The molecule has 13 heteroatoms. The van der Waals surface area contributed by atoms with Gasteiger partial charge in [-0.3, -0.25) is 14.6 Å². The van der Waals surface area contributed by atoms with Gasteiger partial charge < -0.3 is 31.1 Å². The quantitative estimate of drug-likeness (QED) is 0.358. The van der Waals surface area contributed by atoms with Gasteiger partial charge in [0.25, 0.3) is 0 Å². The highest BCUT2D eigenvalue weighted by Gasteiger charge is 2.52. The molecule has 1 aromatic heterocycles. The number of nitrogens with zero attached hydrogens (tertiary/aromatic N) is 5. The van der Waals surface area contributed by atoms with Gasteiger partial charge in [-0.25, -0.2) is 9.78 Å². The molecule has 40 heavy (non-hydrogen) atoms. The summed E-state index contributed by atoms with van der Waals surface area (Å²) in [5.74, 6) is -0.551. The van der Waals surface area contributed by atoms with Crippen molar-refractivity contribution >= 4 is 44.5 Å². The summed E-state index contributed by atoms with van der Waals surface area (Å²) in [6.07, 6.45) is 4.65. The number of piperazine rings is 1. The van der Waals surface area contributed by atoms with Crippen molar-refractivity contribution in [3.63, 3.8) is 0 Å². The van der Waals surface area contributed by atoms with Crippen LogP contribution in [0.1, 0.15) is 18.9 Å². The van der Waals surface area contributed by atoms with Gasteiger partial charge in [-0.1, -0.05) is 41.7 Å². The summed E-state index contributed by atoms with van der Waals surface area (Å²) in [6, 6.07) is 4.41. The number of amides is 4. The van der Waals surface area contributed by atoms with Crippen LogP contribution in [0.5, 0.6) is 0 Å². The molecule has 1 aliphatic carbocycles. The molecule has 2 aliphatic heterocycles. The van der Waals surface area contributed by atoms with Crippen LogP contribution in [-0.4, -0.2) is 103 Å². The van der Waals surface area contributed by atoms with E-state index in [1.165, 1.54) is 47.4 Å². The highest BCUT2D eigenvalue weighted by atomic mass is 32.1. The first kappa shape index (κ1) is 27.8. The van der Waals surface area contributed by atoms with E-state index in [1.54, 1.807) is 22.1 Å². The number of thiazole rings is 1. The molecule has 2 saturated heterocycles. The number of hydrogen-bond donors (Lipinski definition) is 4. The van der Waals surface area contributed by atoms with Crippen molar-refractivity contribution in [2.24, 2.45) is 0 Å². The normalized spacial score (nSPS) is 26.7. The largest absolute Gasteiger partial charge is 0.386 e. The van der Waals surface area contributed by atoms with E-state index in [-0.39, 0.29) is 44.4 Å². The van der Waals surface area contributed by atoms with Gasteiger partial charge >= 0.3 is 6.03 Å². The van der Waals surface area contributed by atoms with Crippen LogP contribution in [-0.2, 0) is 16.1 Å². The summed E-state index contributed by atoms with van der Waals surface area (Å²) in [7, 11) is 1.51. The Hall–Kier alpha value is -3.78. The van der Waals surface area contributed by atoms with Gasteiger partial charge in [-0.05, 0) is 30.2 Å². The fourth-order valence-corrected chi connectivity index (χ4v) is 6.35. The molecular formula is C27H33N7O5S. The van der Waals surface area contributed by atoms with Gasteiger partial charge in [0, 0.05) is 20.0 Å². The Morgan fingerprint density at radius 1 is 1.40 bits per heavy atom. The second-order valence-corrected chi connectivity index (χ2v) is 11.4. The molecule has 5 N–H and O–H groups in total. The van der Waals surface area contributed by atoms with Crippen molar-refractivity contribution in [3.8, 4) is 0 Å². The molecular weight excluding hydrogens is 534 g/mol. The summed E-state index contributed by atoms with van der Waals surface area (Å²) in [6.45, 7) is 5.70. The number of hydrogen-bond acceptors (Lipinski definition) is 9. The lowest BCUT2D eigenvalue weighted by atomic mass is 9.87. The molecule has 4 atom stereocenters. The van der Waals surface area contributed by atoms with Gasteiger partial charge in [-0.15, -0.1) is 6.58 Å². The minimum Gasteiger partial charge on any atom is -0.386 e. The molecule has 2 unspecified atom stereocenters. The minimum atomic E-state index is -1.51. The van der Waals surface area contributed by atoms with Crippen molar-refractivity contribution < 1.29 is 24.6 Å². The first-order valence-corrected chi connectivity index (χ1v) is 13.8. The van der Waals surface area contributed by atoms with Crippen LogP contribution in [0, 0.1) is 0 Å². The highest BCUT2D eigenvalue weighted by molar-refractivity contribution is 7.22. The minimum absolute atomic E-state index is 0.0902. The number of carbonyl (C=O) groups is 3. The molecule has 1 aromatic carbocycles. The number of nitrogens with two attached hydrogens (primary N) is 1. The molecule has 2 aromatic rings. The van der Waals surface area contributed by atoms with Crippen molar-refractivity contribution in [2.75, 3.05) is 32.4 Å². The van der Waals surface area contributed by atoms with E-state index in [0.717, 1.165) is 15.8 Å². The molecule has 3 aliphatic rings. The fraction of sp³-hybridized carbons (Fsp3) is 0.407. The Kier molecular flexibility index (Phi) is 7.40. The fourth-order valence-electron chi connectivity index (χ4n) is 5.57. The molecule has 2 fully saturated rings. The number of allylic oxidation sites excluding steroid dienone is 1. The maximum atomic E-state index is 14.0. The number of fused-ring (bicyclic) bond motifs is 2. The Labute approximate surface area is 235 Å². The number of anilines is 1. The standard InChI is InChI=1S/C27H33N7O5S/c1-4-10-32(26(38)29-3)33-15-22(36)34-18(11-16-8-9-20(35)27(2,39)12-16)24(37)31(14-21(33)34)13-17-6-5-7-19-23(17)30-25(28)40-19/h4-9,12,18,20-21,35,39H,1,10-11,13-15H2,2-3H3,(H2,28,30)(H,29,38)/t18-,20?,21+,27?/m0/s1. The van der Waals surface area contributed by atoms with Crippen molar-refractivity contribution in [1.82, 2.24) is 30.1 Å². The molecule has 0 saturated carbocycles. The SMILES string of the molecule is C=CCN(C(=O)NC)N1CC(=O)N2[C@@H](CC3=CC(C)(O)C(O)C=C3)C(=O)N(Cc3cccc4sc(N)nc34)C[C@@H]21. The zero-order valence-corrected chi connectivity index (χ0v) is 23.2. The van der Waals surface area contributed by atoms with Crippen molar-refractivity contribution in [3.05, 3.63) is 60.2 Å². The zero-order chi connectivity index (χ0) is 28.8. The molecule has 5 rings (SSSR count). The number of urea groups is 1. The third-order valence-electron chi connectivity index (χ3n) is 7.51. The molecule has 3 heterocycles. The number of para-hydroxylation sites is 1. The number of nitrogen functional groups attached to an aromatic ring is 1. The first-order valence-electron chi connectivity index (χ1n) is 12.9. The Bertz CT molecular complexity index is 1420. The Morgan fingerprint density at radius 3 is 2.88 bits per heavy atom. The number of aliphatic hydroxyl groups is 2. The van der Waals surface area contributed by atoms with Crippen LogP contribution >= 0.6 is 11.3 Å². The van der Waals surface area contributed by atoms with E-state index in [1.807, 2.05) is 18.2 Å². The molecule has 0 radical (unpaired) electrons. The predicted molar refractivity (Wildman–Crippen MR) is 150 cm³/mol. The lowest BCUT2D eigenvalue weighted by Gasteiger charge is -2.46. The first-order chi connectivity index (χ1) is 19.0. The van der Waals surface area contributed by atoms with E-state index in [0.29, 0.717) is 10.7 Å². The van der Waals surface area contributed by atoms with Crippen LogP contribution < -0.4 is 11.1 Å². The van der Waals surface area contributed by atoms with Gasteiger partial charge in [0.1, 0.15) is 23.9 Å². The zero-order valence-electron chi connectivity index (χ0n) is 22.4. The lowest BCUT2D eigenvalue weighted by Crippen LogP contribution is -2.65. The molecule has 212 valence electrons. The maximum Gasteiger partial charge on any atom is 0.332 e. The number of nitrogens with one attached hydrogen (secondary N) is 1. The third-order valence-corrected chi connectivity index (χ3v) is 8.36. The Morgan fingerprint density at radius 2 is 2.17 bits per heavy atom. The van der Waals surface area contributed by atoms with Crippen LogP contribution in [0.3, 0.4) is 0 Å². The number of hydrazine groups is 1. The summed E-state index contributed by atoms with van der Waals surface area (Å²) in [4.78, 5) is 47.9. The van der Waals surface area contributed by atoms with Crippen LogP contribution in [0.25, 0.3) is 10.2 Å². The van der Waals surface area contributed by atoms with E-state index in [9.17, 15) is 24.6 Å². The topological polar surface area (TPSA) is 156 Å². The van der Waals surface area contributed by atoms with Gasteiger partial charge in [0.2, 0.25) is 11.8 Å². The van der Waals surface area contributed by atoms with Gasteiger partial charge in [-0.2, -0.15) is 5.01 Å². The lowest BCUT2D eigenvalue weighted by molar-refractivity contribution is -0.157. The smallest absolute Gasteiger partial charge is 0.332 e. The van der Waals surface area contributed by atoms with E-state index in [4.69, 9.17) is 5.73 Å². The summed E-state index contributed by atoms with van der Waals surface area (Å²) in [5.41, 5.74) is 6.60. The molecule has 0 bridgehead atoms. The number of benzene rings is 1. The van der Waals surface area contributed by atoms with E-state index < -0.39 is 29.9 Å². The highest BCUT2D eigenvalue weighted by Crippen LogP contribution is 2.34. The number of aromatic nitrogens is 1. The molecule has 0 spiro atoms. The predicted octanol–water partition coefficient (Wildman–Crippen LogP) is 0.800. The number of carbonyl (C=O) groups excluding carboxylic acids is 3. The van der Waals surface area contributed by atoms with Crippen molar-refractivity contribution in [1.29, 1.82) is 0 Å². The molecule has 12 nitrogen and oxygen atoms in total. The second kappa shape index (κ2) is 10.7. The van der Waals surface area contributed by atoms with E-state index >= 15 is 0 Å². The second-order valence-electron chi connectivity index (χ2n) is 10.3. The number of rotatable bonds is 7. The van der Waals surface area contributed by atoms with E-state index in [2.05, 4.69) is 16.9 Å². The monoisotopic (exact) mass is 567 g/mol. The van der Waals surface area contributed by atoms with Crippen LogP contribution in [0.4, 0.5) is 9.93 Å². The van der Waals surface area contributed by atoms with Gasteiger partial charge in [0.15, 0.2) is 5.13 Å². The average molecular weight is 568 g/mol.